The number of hydrogen-bond donors (Lipinski definition) is 2. The molecular weight excluding hydrogens is 468 g/mol. The smallest absolute Gasteiger partial charge is 0.128 e. The molecule has 1 heterocycles. The SMILES string of the molecule is CCc1ncc2c(n1)C(C)(C)[C@@H]1CC[C@]3(C)[C@H](C[C@@H](O)[C@@H]4[C@@H]([C@@](C)(O)CCC=C(C)C)CC[C@]43C)[C@@]1(C)C2. The van der Waals surface area contributed by atoms with Crippen LogP contribution in [0.3, 0.4) is 0 Å². The standard InChI is InChI=1S/C34H54N2O2/c1-10-27-35-20-22-19-31(6)25(30(4,5)29(22)36-27)14-17-32(7)26(31)18-24(37)28-23(13-16-33(28,32)8)34(9,38)15-11-12-21(2)3/h12,20,23-26,28,37-38H,10-11,13-19H2,1-9H3/t23-,24+,25-,26+,28-,31-,32+,33+,34-/m0/s1. The monoisotopic (exact) mass is 522 g/mol. The number of fused-ring (bicyclic) bond motifs is 6. The summed E-state index contributed by atoms with van der Waals surface area (Å²) in [6, 6.07) is 0. The number of allylic oxidation sites excluding steroid dienone is 2. The van der Waals surface area contributed by atoms with Crippen molar-refractivity contribution in [3.05, 3.63) is 34.9 Å². The Kier molecular flexibility index (Phi) is 6.79. The summed E-state index contributed by atoms with van der Waals surface area (Å²) in [5.41, 5.74) is 3.41. The van der Waals surface area contributed by atoms with Gasteiger partial charge in [-0.15, -0.1) is 0 Å². The first-order valence-electron chi connectivity index (χ1n) is 15.5. The lowest BCUT2D eigenvalue weighted by atomic mass is 9.35. The first-order valence-corrected chi connectivity index (χ1v) is 15.5. The first-order chi connectivity index (χ1) is 17.6. The molecule has 1 aromatic heterocycles. The van der Waals surface area contributed by atoms with Gasteiger partial charge in [0.25, 0.3) is 0 Å². The fraction of sp³-hybridized carbons (Fsp3) is 0.824. The second-order valence-corrected chi connectivity index (χ2v) is 15.5. The Bertz CT molecular complexity index is 1100. The Labute approximate surface area is 232 Å². The van der Waals surface area contributed by atoms with Crippen molar-refractivity contribution in [3.8, 4) is 0 Å². The van der Waals surface area contributed by atoms with E-state index in [-0.39, 0.29) is 39.6 Å². The zero-order valence-corrected chi connectivity index (χ0v) is 25.7. The van der Waals surface area contributed by atoms with Gasteiger partial charge in [0.2, 0.25) is 0 Å². The van der Waals surface area contributed by atoms with Crippen LogP contribution >= 0.6 is 0 Å². The normalized spacial score (nSPS) is 42.8. The van der Waals surface area contributed by atoms with Gasteiger partial charge in [-0.1, -0.05) is 53.2 Å². The van der Waals surface area contributed by atoms with Crippen LogP contribution in [-0.4, -0.2) is 31.9 Å². The third-order valence-electron chi connectivity index (χ3n) is 12.9. The van der Waals surface area contributed by atoms with Gasteiger partial charge in [0.05, 0.1) is 17.4 Å². The minimum atomic E-state index is -0.750. The van der Waals surface area contributed by atoms with E-state index in [1.807, 2.05) is 6.92 Å². The molecule has 3 saturated carbocycles. The molecule has 38 heavy (non-hydrogen) atoms. The molecule has 4 aliphatic carbocycles. The molecule has 4 aliphatic rings. The number of hydrogen-bond acceptors (Lipinski definition) is 4. The van der Waals surface area contributed by atoms with Gasteiger partial charge >= 0.3 is 0 Å². The van der Waals surface area contributed by atoms with E-state index in [2.05, 4.69) is 67.7 Å². The Balaban J connectivity index is 1.51. The van der Waals surface area contributed by atoms with Crippen molar-refractivity contribution in [2.75, 3.05) is 0 Å². The first kappa shape index (κ1) is 28.3. The van der Waals surface area contributed by atoms with Crippen LogP contribution in [0.1, 0.15) is 124 Å². The summed E-state index contributed by atoms with van der Waals surface area (Å²) < 4.78 is 0. The van der Waals surface area contributed by atoms with Crippen molar-refractivity contribution in [2.45, 2.75) is 137 Å². The van der Waals surface area contributed by atoms with Crippen LogP contribution in [0.25, 0.3) is 0 Å². The number of aromatic nitrogens is 2. The molecule has 2 N–H and O–H groups in total. The van der Waals surface area contributed by atoms with Gasteiger partial charge in [-0.05, 0) is 118 Å². The summed E-state index contributed by atoms with van der Waals surface area (Å²) in [6.45, 7) is 20.9. The van der Waals surface area contributed by atoms with Gasteiger partial charge in [0.1, 0.15) is 5.82 Å². The summed E-state index contributed by atoms with van der Waals surface area (Å²) in [5, 5.41) is 23.8. The van der Waals surface area contributed by atoms with E-state index in [4.69, 9.17) is 9.97 Å². The Hall–Kier alpha value is -1.26. The number of aliphatic hydroxyl groups excluding tert-OH is 1. The number of rotatable bonds is 5. The molecular formula is C34H54N2O2. The van der Waals surface area contributed by atoms with Gasteiger partial charge in [-0.2, -0.15) is 0 Å². The molecule has 9 atom stereocenters. The highest BCUT2D eigenvalue weighted by Gasteiger charge is 2.71. The van der Waals surface area contributed by atoms with E-state index in [1.54, 1.807) is 0 Å². The molecule has 0 aliphatic heterocycles. The van der Waals surface area contributed by atoms with E-state index in [9.17, 15) is 10.2 Å². The van der Waals surface area contributed by atoms with Crippen molar-refractivity contribution >= 4 is 0 Å². The second-order valence-electron chi connectivity index (χ2n) is 15.5. The lowest BCUT2D eigenvalue weighted by Crippen LogP contribution is -2.66. The zero-order chi connectivity index (χ0) is 27.9. The number of nitrogens with zero attached hydrogens (tertiary/aromatic N) is 2. The summed E-state index contributed by atoms with van der Waals surface area (Å²) in [4.78, 5) is 9.82. The average molecular weight is 523 g/mol. The maximum atomic E-state index is 12.0. The predicted molar refractivity (Wildman–Crippen MR) is 155 cm³/mol. The molecule has 0 bridgehead atoms. The molecule has 3 fully saturated rings. The molecule has 0 radical (unpaired) electrons. The lowest BCUT2D eigenvalue weighted by Gasteiger charge is -2.70. The van der Waals surface area contributed by atoms with Crippen LogP contribution in [0.4, 0.5) is 0 Å². The largest absolute Gasteiger partial charge is 0.393 e. The van der Waals surface area contributed by atoms with Crippen LogP contribution < -0.4 is 0 Å². The third-order valence-corrected chi connectivity index (χ3v) is 12.9. The maximum Gasteiger partial charge on any atom is 0.128 e. The molecule has 0 spiro atoms. The van der Waals surface area contributed by atoms with Crippen molar-refractivity contribution in [3.63, 3.8) is 0 Å². The van der Waals surface area contributed by atoms with Crippen molar-refractivity contribution in [1.29, 1.82) is 0 Å². The zero-order valence-electron chi connectivity index (χ0n) is 25.7. The van der Waals surface area contributed by atoms with Crippen LogP contribution in [0.2, 0.25) is 0 Å². The quantitative estimate of drug-likeness (QED) is 0.401. The van der Waals surface area contributed by atoms with E-state index >= 15 is 0 Å². The van der Waals surface area contributed by atoms with Gasteiger partial charge in [0, 0.05) is 18.0 Å². The van der Waals surface area contributed by atoms with E-state index < -0.39 is 5.60 Å². The Morgan fingerprint density at radius 2 is 1.76 bits per heavy atom. The fourth-order valence-corrected chi connectivity index (χ4v) is 11.0. The number of aliphatic hydroxyl groups is 2. The Morgan fingerprint density at radius 3 is 2.42 bits per heavy atom. The van der Waals surface area contributed by atoms with Crippen molar-refractivity contribution in [1.82, 2.24) is 9.97 Å². The average Bonchev–Trinajstić information content (AvgIpc) is 3.21. The molecule has 0 unspecified atom stereocenters. The summed E-state index contributed by atoms with van der Waals surface area (Å²) in [6.07, 6.45) is 13.0. The van der Waals surface area contributed by atoms with Crippen LogP contribution in [0, 0.1) is 39.9 Å². The van der Waals surface area contributed by atoms with E-state index in [0.29, 0.717) is 11.8 Å². The van der Waals surface area contributed by atoms with Crippen molar-refractivity contribution in [2.24, 2.45) is 39.9 Å². The molecule has 0 aromatic carbocycles. The van der Waals surface area contributed by atoms with Gasteiger partial charge < -0.3 is 10.2 Å². The van der Waals surface area contributed by atoms with Crippen LogP contribution in [0.15, 0.2) is 17.8 Å². The van der Waals surface area contributed by atoms with Gasteiger partial charge in [-0.25, -0.2) is 9.97 Å². The molecule has 4 heteroatoms. The summed E-state index contributed by atoms with van der Waals surface area (Å²) in [7, 11) is 0. The topological polar surface area (TPSA) is 66.2 Å². The molecule has 5 rings (SSSR count). The highest BCUT2D eigenvalue weighted by atomic mass is 16.3. The Morgan fingerprint density at radius 1 is 1.08 bits per heavy atom. The lowest BCUT2D eigenvalue weighted by molar-refractivity contribution is -0.223. The maximum absolute atomic E-state index is 12.0. The molecule has 1 aromatic rings. The second kappa shape index (κ2) is 9.13. The fourth-order valence-electron chi connectivity index (χ4n) is 11.0. The van der Waals surface area contributed by atoms with E-state index in [0.717, 1.165) is 50.8 Å². The van der Waals surface area contributed by atoms with Gasteiger partial charge in [-0.3, -0.25) is 0 Å². The predicted octanol–water partition coefficient (Wildman–Crippen LogP) is 7.21. The summed E-state index contributed by atoms with van der Waals surface area (Å²) >= 11 is 0. The highest BCUT2D eigenvalue weighted by Crippen LogP contribution is 2.75. The van der Waals surface area contributed by atoms with Gasteiger partial charge in [0.15, 0.2) is 0 Å². The van der Waals surface area contributed by atoms with Crippen LogP contribution in [-0.2, 0) is 18.3 Å². The number of aryl methyl sites for hydroxylation is 1. The molecule has 212 valence electrons. The third kappa shape index (κ3) is 3.90. The summed E-state index contributed by atoms with van der Waals surface area (Å²) in [5.74, 6) is 2.25. The minimum Gasteiger partial charge on any atom is -0.393 e. The van der Waals surface area contributed by atoms with Crippen LogP contribution in [0.5, 0.6) is 0 Å². The van der Waals surface area contributed by atoms with Crippen molar-refractivity contribution < 1.29 is 10.2 Å². The molecule has 0 saturated heterocycles. The minimum absolute atomic E-state index is 0.00790. The molecule has 0 amide bonds. The molecule has 4 nitrogen and oxygen atoms in total. The van der Waals surface area contributed by atoms with E-state index in [1.165, 1.54) is 29.7 Å². The highest BCUT2D eigenvalue weighted by molar-refractivity contribution is 5.35.